The molecule has 0 heterocycles. The minimum atomic E-state index is -0.153. The van der Waals surface area contributed by atoms with Crippen molar-refractivity contribution >= 4 is 5.97 Å². The van der Waals surface area contributed by atoms with Gasteiger partial charge in [0.25, 0.3) is 0 Å². The van der Waals surface area contributed by atoms with E-state index in [4.69, 9.17) is 4.74 Å². The molecule has 0 saturated carbocycles. The zero-order chi connectivity index (χ0) is 15.9. The maximum absolute atomic E-state index is 12.4. The molecule has 1 aromatic rings. The van der Waals surface area contributed by atoms with E-state index in [1.54, 1.807) is 0 Å². The fourth-order valence-corrected chi connectivity index (χ4v) is 3.33. The molecule has 0 N–H and O–H groups in total. The van der Waals surface area contributed by atoms with E-state index in [9.17, 15) is 4.79 Å². The van der Waals surface area contributed by atoms with Crippen molar-refractivity contribution in [2.45, 2.75) is 45.6 Å². The number of esters is 1. The van der Waals surface area contributed by atoms with Crippen molar-refractivity contribution in [1.29, 1.82) is 0 Å². The van der Waals surface area contributed by atoms with Crippen molar-refractivity contribution in [3.63, 3.8) is 0 Å². The van der Waals surface area contributed by atoms with Gasteiger partial charge in [0.15, 0.2) is 0 Å². The van der Waals surface area contributed by atoms with Crippen LogP contribution in [0.2, 0.25) is 0 Å². The van der Waals surface area contributed by atoms with Crippen LogP contribution in [-0.2, 0) is 9.53 Å². The smallest absolute Gasteiger partial charge is 0.335 e. The Morgan fingerprint density at radius 2 is 1.82 bits per heavy atom. The Balaban J connectivity index is 2.30. The van der Waals surface area contributed by atoms with Crippen LogP contribution in [0.4, 0.5) is 0 Å². The highest BCUT2D eigenvalue weighted by Gasteiger charge is 2.31. The largest absolute Gasteiger partial charge is 0.463 e. The summed E-state index contributed by atoms with van der Waals surface area (Å²) >= 11 is 0. The first kappa shape index (κ1) is 16.8. The molecule has 0 fully saturated rings. The van der Waals surface area contributed by atoms with Gasteiger partial charge in [-0.1, -0.05) is 50.3 Å². The minimum absolute atomic E-state index is 0.153. The molecule has 0 unspecified atom stereocenters. The van der Waals surface area contributed by atoms with Crippen LogP contribution in [-0.4, -0.2) is 36.6 Å². The second kappa shape index (κ2) is 8.14. The molecule has 0 spiro atoms. The SMILES string of the molecule is CCOC(=O)C1=C[C@@H](c2ccccc2)CC[C@H]1N(CC)CC. The van der Waals surface area contributed by atoms with Gasteiger partial charge in [0.05, 0.1) is 12.2 Å². The van der Waals surface area contributed by atoms with E-state index in [1.165, 1.54) is 5.56 Å². The quantitative estimate of drug-likeness (QED) is 0.749. The number of carbonyl (C=O) groups is 1. The van der Waals surface area contributed by atoms with Crippen molar-refractivity contribution in [3.8, 4) is 0 Å². The van der Waals surface area contributed by atoms with Crippen molar-refractivity contribution in [1.82, 2.24) is 4.90 Å². The molecule has 0 aromatic heterocycles. The van der Waals surface area contributed by atoms with Gasteiger partial charge in [0.1, 0.15) is 0 Å². The van der Waals surface area contributed by atoms with Crippen LogP contribution in [0.25, 0.3) is 0 Å². The minimum Gasteiger partial charge on any atom is -0.463 e. The van der Waals surface area contributed by atoms with E-state index in [1.807, 2.05) is 13.0 Å². The number of hydrogen-bond acceptors (Lipinski definition) is 3. The Labute approximate surface area is 134 Å². The average Bonchev–Trinajstić information content (AvgIpc) is 2.57. The van der Waals surface area contributed by atoms with Crippen LogP contribution < -0.4 is 0 Å². The lowest BCUT2D eigenvalue weighted by Gasteiger charge is -2.35. The molecule has 0 radical (unpaired) electrons. The lowest BCUT2D eigenvalue weighted by molar-refractivity contribution is -0.139. The summed E-state index contributed by atoms with van der Waals surface area (Å²) in [5.74, 6) is 0.160. The molecule has 1 aliphatic carbocycles. The number of allylic oxidation sites excluding steroid dienone is 1. The van der Waals surface area contributed by atoms with Gasteiger partial charge in [-0.2, -0.15) is 0 Å². The van der Waals surface area contributed by atoms with Crippen LogP contribution in [0.15, 0.2) is 42.0 Å². The maximum Gasteiger partial charge on any atom is 0.335 e. The Kier molecular flexibility index (Phi) is 6.20. The van der Waals surface area contributed by atoms with Gasteiger partial charge in [0, 0.05) is 12.0 Å². The molecule has 0 amide bonds. The number of ether oxygens (including phenoxy) is 1. The molecular formula is C19H27NO2. The summed E-state index contributed by atoms with van der Waals surface area (Å²) in [4.78, 5) is 14.8. The first-order valence-corrected chi connectivity index (χ1v) is 8.39. The van der Waals surface area contributed by atoms with Crippen molar-refractivity contribution in [2.24, 2.45) is 0 Å². The summed E-state index contributed by atoms with van der Waals surface area (Å²) in [6.07, 6.45) is 4.22. The number of nitrogens with zero attached hydrogens (tertiary/aromatic N) is 1. The van der Waals surface area contributed by atoms with Gasteiger partial charge in [-0.3, -0.25) is 4.90 Å². The highest BCUT2D eigenvalue weighted by Crippen LogP contribution is 2.34. The van der Waals surface area contributed by atoms with Gasteiger partial charge in [0.2, 0.25) is 0 Å². The standard InChI is InChI=1S/C19H27NO2/c1-4-20(5-2)18-13-12-16(15-10-8-7-9-11-15)14-17(18)19(21)22-6-3/h7-11,14,16,18H,4-6,12-13H2,1-3H3/t16-,18+/m0/s1. The Bertz CT molecular complexity index is 505. The Hall–Kier alpha value is -1.61. The van der Waals surface area contributed by atoms with Crippen LogP contribution in [0.5, 0.6) is 0 Å². The van der Waals surface area contributed by atoms with Gasteiger partial charge in [-0.15, -0.1) is 0 Å². The zero-order valence-corrected chi connectivity index (χ0v) is 13.9. The van der Waals surface area contributed by atoms with Crippen molar-refractivity contribution < 1.29 is 9.53 Å². The molecule has 1 aliphatic rings. The van der Waals surface area contributed by atoms with Crippen molar-refractivity contribution in [3.05, 3.63) is 47.5 Å². The summed E-state index contributed by atoms with van der Waals surface area (Å²) < 4.78 is 5.30. The lowest BCUT2D eigenvalue weighted by atomic mass is 9.82. The van der Waals surface area contributed by atoms with Gasteiger partial charge in [-0.25, -0.2) is 4.79 Å². The molecular weight excluding hydrogens is 274 g/mol. The topological polar surface area (TPSA) is 29.5 Å². The van der Waals surface area contributed by atoms with E-state index >= 15 is 0 Å². The second-order valence-electron chi connectivity index (χ2n) is 5.67. The van der Waals surface area contributed by atoms with E-state index in [0.717, 1.165) is 31.5 Å². The fraction of sp³-hybridized carbons (Fsp3) is 0.526. The van der Waals surface area contributed by atoms with Crippen LogP contribution in [0.3, 0.4) is 0 Å². The number of hydrogen-bond donors (Lipinski definition) is 0. The average molecular weight is 301 g/mol. The van der Waals surface area contributed by atoms with E-state index < -0.39 is 0 Å². The van der Waals surface area contributed by atoms with Crippen LogP contribution >= 0.6 is 0 Å². The van der Waals surface area contributed by atoms with Gasteiger partial charge >= 0.3 is 5.97 Å². The highest BCUT2D eigenvalue weighted by molar-refractivity contribution is 5.90. The third-order valence-corrected chi connectivity index (χ3v) is 4.48. The van der Waals surface area contributed by atoms with Crippen LogP contribution in [0.1, 0.15) is 45.1 Å². The molecule has 0 bridgehead atoms. The highest BCUT2D eigenvalue weighted by atomic mass is 16.5. The predicted molar refractivity (Wildman–Crippen MR) is 89.8 cm³/mol. The summed E-state index contributed by atoms with van der Waals surface area (Å²) in [5.41, 5.74) is 2.12. The van der Waals surface area contributed by atoms with Gasteiger partial charge < -0.3 is 4.74 Å². The summed E-state index contributed by atoms with van der Waals surface area (Å²) in [7, 11) is 0. The molecule has 2 rings (SSSR count). The normalized spacial score (nSPS) is 21.5. The summed E-state index contributed by atoms with van der Waals surface area (Å²) in [6, 6.07) is 10.6. The first-order chi connectivity index (χ1) is 10.7. The number of likely N-dealkylation sites (N-methyl/N-ethyl adjacent to an activating group) is 1. The molecule has 120 valence electrons. The third-order valence-electron chi connectivity index (χ3n) is 4.48. The second-order valence-corrected chi connectivity index (χ2v) is 5.67. The predicted octanol–water partition coefficient (Wildman–Crippen LogP) is 3.76. The zero-order valence-electron chi connectivity index (χ0n) is 13.9. The molecule has 0 saturated heterocycles. The monoisotopic (exact) mass is 301 g/mol. The van der Waals surface area contributed by atoms with E-state index in [0.29, 0.717) is 12.5 Å². The third kappa shape index (κ3) is 3.77. The van der Waals surface area contributed by atoms with E-state index in [-0.39, 0.29) is 12.0 Å². The molecule has 0 aliphatic heterocycles. The Morgan fingerprint density at radius 1 is 1.14 bits per heavy atom. The Morgan fingerprint density at radius 3 is 2.41 bits per heavy atom. The molecule has 3 heteroatoms. The molecule has 22 heavy (non-hydrogen) atoms. The van der Waals surface area contributed by atoms with Gasteiger partial charge in [-0.05, 0) is 38.4 Å². The molecule has 1 aromatic carbocycles. The first-order valence-electron chi connectivity index (χ1n) is 8.39. The fourth-order valence-electron chi connectivity index (χ4n) is 3.33. The molecule has 2 atom stereocenters. The van der Waals surface area contributed by atoms with E-state index in [2.05, 4.69) is 49.1 Å². The van der Waals surface area contributed by atoms with Crippen molar-refractivity contribution in [2.75, 3.05) is 19.7 Å². The summed E-state index contributed by atoms with van der Waals surface area (Å²) in [6.45, 7) is 8.49. The number of benzene rings is 1. The number of rotatable bonds is 6. The maximum atomic E-state index is 12.4. The summed E-state index contributed by atoms with van der Waals surface area (Å²) in [5, 5.41) is 0. The number of carbonyl (C=O) groups excluding carboxylic acids is 1. The van der Waals surface area contributed by atoms with Crippen LogP contribution in [0, 0.1) is 0 Å². The molecule has 3 nitrogen and oxygen atoms in total. The lowest BCUT2D eigenvalue weighted by Crippen LogP contribution is -2.41.